The lowest BCUT2D eigenvalue weighted by molar-refractivity contribution is -0.123. The standard InChI is InChI=1S/C24H27FN4O2/c1-14-11-22(27-16(3)23(14)24(28-25)17-5-6-17)31-13-21(30)26-15(2)18-7-8-20-19(12-18)9-10-29(20)4/h7-12,15,17H,5-6,13H2,1-4H3,(H,26,30). The van der Waals surface area contributed by atoms with Gasteiger partial charge in [-0.1, -0.05) is 15.8 Å². The van der Waals surface area contributed by atoms with Gasteiger partial charge in [-0.15, -0.1) is 0 Å². The first-order chi connectivity index (χ1) is 14.9. The van der Waals surface area contributed by atoms with Crippen LogP contribution in [0.3, 0.4) is 0 Å². The van der Waals surface area contributed by atoms with E-state index in [-0.39, 0.29) is 24.5 Å². The topological polar surface area (TPSA) is 68.5 Å². The number of ether oxygens (including phenoxy) is 1. The van der Waals surface area contributed by atoms with Crippen LogP contribution < -0.4 is 10.1 Å². The largest absolute Gasteiger partial charge is 0.468 e. The zero-order valence-electron chi connectivity index (χ0n) is 18.3. The molecular formula is C24H27FN4O2. The zero-order chi connectivity index (χ0) is 22.1. The Labute approximate surface area is 181 Å². The molecule has 1 atom stereocenters. The van der Waals surface area contributed by atoms with E-state index < -0.39 is 0 Å². The summed E-state index contributed by atoms with van der Waals surface area (Å²) in [5.41, 5.74) is 4.88. The highest BCUT2D eigenvalue weighted by atomic mass is 19.2. The van der Waals surface area contributed by atoms with Crippen LogP contribution in [-0.4, -0.2) is 27.8 Å². The second kappa shape index (κ2) is 8.49. The number of halogens is 1. The second-order valence-electron chi connectivity index (χ2n) is 8.30. The van der Waals surface area contributed by atoms with E-state index in [2.05, 4.69) is 38.3 Å². The number of carbonyl (C=O) groups is 1. The van der Waals surface area contributed by atoms with Crippen LogP contribution in [0.2, 0.25) is 0 Å². The first-order valence-corrected chi connectivity index (χ1v) is 10.5. The Hall–Kier alpha value is -3.22. The van der Waals surface area contributed by atoms with Crippen molar-refractivity contribution < 1.29 is 14.0 Å². The van der Waals surface area contributed by atoms with Gasteiger partial charge in [0.05, 0.1) is 17.4 Å². The smallest absolute Gasteiger partial charge is 0.258 e. The minimum Gasteiger partial charge on any atom is -0.468 e. The lowest BCUT2D eigenvalue weighted by Crippen LogP contribution is -2.31. The Morgan fingerprint density at radius 1 is 1.32 bits per heavy atom. The van der Waals surface area contributed by atoms with Gasteiger partial charge in [0.15, 0.2) is 6.61 Å². The molecule has 1 aliphatic rings. The summed E-state index contributed by atoms with van der Waals surface area (Å²) in [4.78, 5) is 16.8. The number of hydrogen-bond acceptors (Lipinski definition) is 4. The molecule has 1 saturated carbocycles. The first kappa shape index (κ1) is 21.0. The summed E-state index contributed by atoms with van der Waals surface area (Å²) in [6, 6.07) is 9.79. The van der Waals surface area contributed by atoms with E-state index in [4.69, 9.17) is 4.74 Å². The molecule has 0 bridgehead atoms. The summed E-state index contributed by atoms with van der Waals surface area (Å²) in [6.07, 6.45) is 3.92. The fourth-order valence-corrected chi connectivity index (χ4v) is 4.01. The first-order valence-electron chi connectivity index (χ1n) is 10.5. The van der Waals surface area contributed by atoms with E-state index in [1.54, 1.807) is 6.07 Å². The number of carbonyl (C=O) groups excluding carboxylic acids is 1. The molecule has 31 heavy (non-hydrogen) atoms. The lowest BCUT2D eigenvalue weighted by atomic mass is 10.00. The molecule has 162 valence electrons. The molecule has 0 radical (unpaired) electrons. The lowest BCUT2D eigenvalue weighted by Gasteiger charge is -2.16. The van der Waals surface area contributed by atoms with Gasteiger partial charge in [0.25, 0.3) is 5.91 Å². The van der Waals surface area contributed by atoms with Crippen LogP contribution in [0, 0.1) is 19.8 Å². The third kappa shape index (κ3) is 4.45. The quantitative estimate of drug-likeness (QED) is 0.569. The van der Waals surface area contributed by atoms with Gasteiger partial charge in [-0.25, -0.2) is 4.98 Å². The molecule has 1 aromatic carbocycles. The maximum absolute atomic E-state index is 13.2. The van der Waals surface area contributed by atoms with Crippen molar-refractivity contribution in [2.45, 2.75) is 39.7 Å². The van der Waals surface area contributed by atoms with Crippen molar-refractivity contribution >= 4 is 22.5 Å². The monoisotopic (exact) mass is 422 g/mol. The van der Waals surface area contributed by atoms with Crippen LogP contribution in [0.25, 0.3) is 10.9 Å². The van der Waals surface area contributed by atoms with E-state index in [0.717, 1.165) is 40.4 Å². The highest BCUT2D eigenvalue weighted by molar-refractivity contribution is 6.05. The fraction of sp³-hybridized carbons (Fsp3) is 0.375. The van der Waals surface area contributed by atoms with Gasteiger partial charge in [0.2, 0.25) is 5.88 Å². The minimum atomic E-state index is -0.231. The predicted molar refractivity (Wildman–Crippen MR) is 119 cm³/mol. The van der Waals surface area contributed by atoms with Gasteiger partial charge in [0, 0.05) is 36.3 Å². The molecule has 2 aromatic heterocycles. The number of pyridine rings is 1. The molecule has 3 aromatic rings. The predicted octanol–water partition coefficient (Wildman–Crippen LogP) is 4.53. The van der Waals surface area contributed by atoms with Crippen molar-refractivity contribution in [3.8, 4) is 5.88 Å². The molecule has 0 aliphatic heterocycles. The van der Waals surface area contributed by atoms with Crippen LogP contribution in [0.15, 0.2) is 41.7 Å². The molecule has 4 rings (SSSR count). The summed E-state index contributed by atoms with van der Waals surface area (Å²) in [5.74, 6) is 0.297. The van der Waals surface area contributed by atoms with Crippen LogP contribution in [0.1, 0.15) is 48.2 Å². The van der Waals surface area contributed by atoms with E-state index in [9.17, 15) is 9.28 Å². The molecular weight excluding hydrogens is 395 g/mol. The third-order valence-electron chi connectivity index (χ3n) is 5.82. The Morgan fingerprint density at radius 3 is 2.77 bits per heavy atom. The van der Waals surface area contributed by atoms with Gasteiger partial charge < -0.3 is 14.6 Å². The van der Waals surface area contributed by atoms with Gasteiger partial charge in [-0.2, -0.15) is 0 Å². The van der Waals surface area contributed by atoms with Crippen LogP contribution >= 0.6 is 0 Å². The third-order valence-corrected chi connectivity index (χ3v) is 5.82. The molecule has 0 spiro atoms. The number of hydrogen-bond donors (Lipinski definition) is 1. The maximum atomic E-state index is 13.2. The van der Waals surface area contributed by atoms with Crippen LogP contribution in [0.4, 0.5) is 4.48 Å². The number of aryl methyl sites for hydroxylation is 3. The Morgan fingerprint density at radius 2 is 2.10 bits per heavy atom. The molecule has 0 saturated heterocycles. The van der Waals surface area contributed by atoms with Crippen molar-refractivity contribution in [3.63, 3.8) is 0 Å². The zero-order valence-corrected chi connectivity index (χ0v) is 18.3. The maximum Gasteiger partial charge on any atom is 0.258 e. The molecule has 2 heterocycles. The SMILES string of the molecule is Cc1cc(OCC(=O)NC(C)c2ccc3c(ccn3C)c2)nc(C)c1C(=NF)C1CC1. The van der Waals surface area contributed by atoms with Crippen molar-refractivity contribution in [2.24, 2.45) is 18.2 Å². The Balaban J connectivity index is 1.38. The minimum absolute atomic E-state index is 0.143. The average molecular weight is 423 g/mol. The van der Waals surface area contributed by atoms with Crippen molar-refractivity contribution in [2.75, 3.05) is 6.61 Å². The molecule has 1 fully saturated rings. The van der Waals surface area contributed by atoms with Crippen molar-refractivity contribution in [3.05, 3.63) is 58.9 Å². The van der Waals surface area contributed by atoms with E-state index in [0.29, 0.717) is 17.3 Å². The summed E-state index contributed by atoms with van der Waals surface area (Å²) in [6.45, 7) is 5.49. The van der Waals surface area contributed by atoms with Gasteiger partial charge >= 0.3 is 0 Å². The number of aromatic nitrogens is 2. The number of nitrogens with zero attached hydrogens (tertiary/aromatic N) is 3. The van der Waals surface area contributed by atoms with E-state index in [1.165, 1.54) is 0 Å². The Kier molecular flexibility index (Phi) is 5.76. The number of amides is 1. The average Bonchev–Trinajstić information content (AvgIpc) is 3.51. The molecule has 7 heteroatoms. The summed E-state index contributed by atoms with van der Waals surface area (Å²) >= 11 is 0. The highest BCUT2D eigenvalue weighted by Crippen LogP contribution is 2.35. The Bertz CT molecular complexity index is 1140. The number of rotatable bonds is 7. The molecule has 1 N–H and O–H groups in total. The fourth-order valence-electron chi connectivity index (χ4n) is 4.01. The van der Waals surface area contributed by atoms with Crippen LogP contribution in [-0.2, 0) is 11.8 Å². The summed E-state index contributed by atoms with van der Waals surface area (Å²) in [5, 5.41) is 7.09. The number of benzene rings is 1. The molecule has 1 aliphatic carbocycles. The van der Waals surface area contributed by atoms with Crippen molar-refractivity contribution in [1.29, 1.82) is 0 Å². The second-order valence-corrected chi connectivity index (χ2v) is 8.30. The van der Waals surface area contributed by atoms with Gasteiger partial charge in [-0.05, 0) is 68.3 Å². The van der Waals surface area contributed by atoms with Gasteiger partial charge in [-0.3, -0.25) is 4.79 Å². The van der Waals surface area contributed by atoms with Crippen LogP contribution in [0.5, 0.6) is 5.88 Å². The normalized spacial score (nSPS) is 15.2. The molecule has 1 unspecified atom stereocenters. The number of fused-ring (bicyclic) bond motifs is 1. The molecule has 1 amide bonds. The van der Waals surface area contributed by atoms with Gasteiger partial charge in [0.1, 0.15) is 0 Å². The summed E-state index contributed by atoms with van der Waals surface area (Å²) < 4.78 is 20.9. The highest BCUT2D eigenvalue weighted by Gasteiger charge is 2.31. The van der Waals surface area contributed by atoms with Crippen molar-refractivity contribution in [1.82, 2.24) is 14.9 Å². The molecule has 6 nitrogen and oxygen atoms in total. The van der Waals surface area contributed by atoms with E-state index >= 15 is 0 Å². The van der Waals surface area contributed by atoms with E-state index in [1.807, 2.05) is 40.1 Å². The summed E-state index contributed by atoms with van der Waals surface area (Å²) in [7, 11) is 2.01. The number of nitrogens with one attached hydrogen (secondary N) is 1.